The lowest BCUT2D eigenvalue weighted by Crippen LogP contribution is -2.47. The molecule has 3 aromatic rings. The highest BCUT2D eigenvalue weighted by Gasteiger charge is 2.36. The van der Waals surface area contributed by atoms with Crippen LogP contribution in [0.1, 0.15) is 38.3 Å². The number of amides is 2. The molecule has 1 aliphatic heterocycles. The molecule has 0 aliphatic carbocycles. The van der Waals surface area contributed by atoms with Crippen LogP contribution in [0.15, 0.2) is 58.8 Å². The molecule has 4 rings (SSSR count). The molecule has 31 heavy (non-hydrogen) atoms. The first kappa shape index (κ1) is 21.1. The second kappa shape index (κ2) is 8.51. The Morgan fingerprint density at radius 2 is 2.00 bits per heavy atom. The molecule has 1 unspecified atom stereocenters. The van der Waals surface area contributed by atoms with Gasteiger partial charge in [-0.3, -0.25) is 4.90 Å². The lowest BCUT2D eigenvalue weighted by Gasteiger charge is -2.36. The summed E-state index contributed by atoms with van der Waals surface area (Å²) >= 11 is 6.09. The van der Waals surface area contributed by atoms with E-state index in [0.29, 0.717) is 39.8 Å². The Morgan fingerprint density at radius 3 is 2.71 bits per heavy atom. The molecule has 0 fully saturated rings. The lowest BCUT2D eigenvalue weighted by atomic mass is 9.94. The number of rotatable bonds is 5. The minimum Gasteiger partial charge on any atom is -0.334 e. The molecule has 1 atom stereocenters. The minimum atomic E-state index is -0.626. The van der Waals surface area contributed by atoms with E-state index in [9.17, 15) is 9.18 Å². The molecule has 0 saturated heterocycles. The van der Waals surface area contributed by atoms with Gasteiger partial charge < -0.3 is 9.84 Å². The smallest absolute Gasteiger partial charge is 0.322 e. The van der Waals surface area contributed by atoms with Crippen LogP contribution in [-0.2, 0) is 0 Å². The molecule has 8 heteroatoms. The summed E-state index contributed by atoms with van der Waals surface area (Å²) < 4.78 is 19.6. The summed E-state index contributed by atoms with van der Waals surface area (Å²) in [5.74, 6) is 0.495. The summed E-state index contributed by atoms with van der Waals surface area (Å²) in [5, 5.41) is 7.63. The van der Waals surface area contributed by atoms with E-state index in [-0.39, 0.29) is 17.8 Å². The first-order valence-corrected chi connectivity index (χ1v) is 10.4. The molecular formula is C23H22ClFN4O2. The van der Waals surface area contributed by atoms with E-state index in [4.69, 9.17) is 16.1 Å². The fraction of sp³-hybridized carbons (Fsp3) is 0.261. The number of nitrogens with zero attached hydrogens (tertiary/aromatic N) is 3. The highest BCUT2D eigenvalue weighted by molar-refractivity contribution is 6.30. The maximum absolute atomic E-state index is 14.0. The average Bonchev–Trinajstić information content (AvgIpc) is 3.20. The monoisotopic (exact) mass is 440 g/mol. The number of allylic oxidation sites excluding steroid dienone is 1. The van der Waals surface area contributed by atoms with E-state index in [0.717, 1.165) is 0 Å². The van der Waals surface area contributed by atoms with Crippen molar-refractivity contribution in [2.24, 2.45) is 5.92 Å². The number of nitrogens with one attached hydrogen (secondary N) is 1. The number of aromatic nitrogens is 2. The third-order valence-corrected chi connectivity index (χ3v) is 5.30. The van der Waals surface area contributed by atoms with Crippen molar-refractivity contribution in [3.63, 3.8) is 0 Å². The number of hydrogen-bond acceptors (Lipinski definition) is 4. The van der Waals surface area contributed by atoms with Gasteiger partial charge in [0.2, 0.25) is 5.82 Å². The topological polar surface area (TPSA) is 71.3 Å². The molecule has 2 heterocycles. The second-order valence-electron chi connectivity index (χ2n) is 7.87. The number of benzene rings is 2. The molecule has 0 bridgehead atoms. The summed E-state index contributed by atoms with van der Waals surface area (Å²) in [5.41, 5.74) is 2.62. The van der Waals surface area contributed by atoms with E-state index < -0.39 is 11.9 Å². The molecule has 6 nitrogen and oxygen atoms in total. The Morgan fingerprint density at radius 1 is 1.23 bits per heavy atom. The third-order valence-electron chi connectivity index (χ3n) is 5.07. The van der Waals surface area contributed by atoms with Crippen molar-refractivity contribution >= 4 is 23.2 Å². The Kier molecular flexibility index (Phi) is 5.78. The molecule has 1 N–H and O–H groups in total. The van der Waals surface area contributed by atoms with Crippen LogP contribution in [-0.4, -0.2) is 27.6 Å². The molecule has 2 amide bonds. The Balaban J connectivity index is 1.83. The maximum Gasteiger partial charge on any atom is 0.322 e. The second-order valence-corrected chi connectivity index (χ2v) is 8.31. The number of urea groups is 1. The Bertz CT molecular complexity index is 1160. The summed E-state index contributed by atoms with van der Waals surface area (Å²) in [6.45, 7) is 6.42. The van der Waals surface area contributed by atoms with Gasteiger partial charge in [-0.2, -0.15) is 4.98 Å². The summed E-state index contributed by atoms with van der Waals surface area (Å²) in [7, 11) is 0. The van der Waals surface area contributed by atoms with Crippen molar-refractivity contribution in [2.75, 3.05) is 6.54 Å². The predicted octanol–water partition coefficient (Wildman–Crippen LogP) is 5.68. The molecule has 160 valence electrons. The van der Waals surface area contributed by atoms with Gasteiger partial charge in [0.05, 0.1) is 11.6 Å². The molecule has 1 aliphatic rings. The number of halogens is 2. The fourth-order valence-corrected chi connectivity index (χ4v) is 3.85. The van der Waals surface area contributed by atoms with E-state index in [1.807, 2.05) is 26.8 Å². The standard InChI is InChI=1S/C23H22ClFN4O2/c1-13(2)12-29-14(3)19(20(26-23(29)30)15-6-5-9-18(25)11-15)22-27-21(28-31-22)16-7-4-8-17(24)10-16/h4-11,13,20H,12H2,1-3H3,(H,26,30). The predicted molar refractivity (Wildman–Crippen MR) is 117 cm³/mol. The van der Waals surface area contributed by atoms with E-state index in [2.05, 4.69) is 15.5 Å². The summed E-state index contributed by atoms with van der Waals surface area (Å²) in [4.78, 5) is 19.1. The van der Waals surface area contributed by atoms with Gasteiger partial charge in [-0.1, -0.05) is 54.9 Å². The Hall–Kier alpha value is -3.19. The highest BCUT2D eigenvalue weighted by Crippen LogP contribution is 2.37. The SMILES string of the molecule is CC1=C(c2nc(-c3cccc(Cl)c3)no2)C(c2cccc(F)c2)NC(=O)N1CC(C)C. The van der Waals surface area contributed by atoms with E-state index in [1.165, 1.54) is 12.1 Å². The molecular weight excluding hydrogens is 419 g/mol. The zero-order valence-electron chi connectivity index (χ0n) is 17.4. The minimum absolute atomic E-state index is 0.248. The largest absolute Gasteiger partial charge is 0.334 e. The molecule has 0 saturated carbocycles. The van der Waals surface area contributed by atoms with Crippen LogP contribution >= 0.6 is 11.6 Å². The Labute approximate surface area is 184 Å². The average molecular weight is 441 g/mol. The van der Waals surface area contributed by atoms with Gasteiger partial charge in [0.15, 0.2) is 0 Å². The number of carbonyl (C=O) groups excluding carboxylic acids is 1. The van der Waals surface area contributed by atoms with Crippen LogP contribution in [0.2, 0.25) is 5.02 Å². The van der Waals surface area contributed by atoms with Gasteiger partial charge in [-0.05, 0) is 42.7 Å². The van der Waals surface area contributed by atoms with Crippen LogP contribution in [0.5, 0.6) is 0 Å². The van der Waals surface area contributed by atoms with Gasteiger partial charge in [-0.15, -0.1) is 0 Å². The number of hydrogen-bond donors (Lipinski definition) is 1. The zero-order valence-corrected chi connectivity index (χ0v) is 18.2. The van der Waals surface area contributed by atoms with Gasteiger partial charge in [0.1, 0.15) is 5.82 Å². The molecule has 0 spiro atoms. The highest BCUT2D eigenvalue weighted by atomic mass is 35.5. The molecule has 1 aromatic heterocycles. The van der Waals surface area contributed by atoms with E-state index >= 15 is 0 Å². The third kappa shape index (κ3) is 4.32. The lowest BCUT2D eigenvalue weighted by molar-refractivity contribution is 0.199. The van der Waals surface area contributed by atoms with Gasteiger partial charge >= 0.3 is 6.03 Å². The van der Waals surface area contributed by atoms with Crippen molar-refractivity contribution in [1.29, 1.82) is 0 Å². The van der Waals surface area contributed by atoms with Gasteiger partial charge in [0, 0.05) is 22.8 Å². The van der Waals surface area contributed by atoms with Crippen molar-refractivity contribution in [3.8, 4) is 11.4 Å². The first-order valence-electron chi connectivity index (χ1n) is 9.97. The van der Waals surface area contributed by atoms with Gasteiger partial charge in [-0.25, -0.2) is 9.18 Å². The molecule has 2 aromatic carbocycles. The van der Waals surface area contributed by atoms with Crippen LogP contribution in [0.4, 0.5) is 9.18 Å². The quantitative estimate of drug-likeness (QED) is 0.553. The van der Waals surface area contributed by atoms with Crippen LogP contribution in [0.25, 0.3) is 17.0 Å². The van der Waals surface area contributed by atoms with Crippen LogP contribution < -0.4 is 5.32 Å². The maximum atomic E-state index is 14.0. The van der Waals surface area contributed by atoms with Crippen molar-refractivity contribution < 1.29 is 13.7 Å². The van der Waals surface area contributed by atoms with Crippen molar-refractivity contribution in [2.45, 2.75) is 26.8 Å². The van der Waals surface area contributed by atoms with Gasteiger partial charge in [0.25, 0.3) is 5.89 Å². The fourth-order valence-electron chi connectivity index (χ4n) is 3.66. The van der Waals surface area contributed by atoms with Crippen molar-refractivity contribution in [1.82, 2.24) is 20.4 Å². The summed E-state index contributed by atoms with van der Waals surface area (Å²) in [6, 6.07) is 12.4. The summed E-state index contributed by atoms with van der Waals surface area (Å²) in [6.07, 6.45) is 0. The zero-order chi connectivity index (χ0) is 22.1. The first-order chi connectivity index (χ1) is 14.8. The van der Waals surface area contributed by atoms with Crippen LogP contribution in [0, 0.1) is 11.7 Å². The van der Waals surface area contributed by atoms with E-state index in [1.54, 1.807) is 35.2 Å². The molecule has 0 radical (unpaired) electrons. The van der Waals surface area contributed by atoms with Crippen molar-refractivity contribution in [3.05, 3.63) is 76.5 Å². The number of carbonyl (C=O) groups is 1. The van der Waals surface area contributed by atoms with Crippen LogP contribution in [0.3, 0.4) is 0 Å². The normalized spacial score (nSPS) is 16.8.